The summed E-state index contributed by atoms with van der Waals surface area (Å²) in [5, 5.41) is 1.05. The van der Waals surface area contributed by atoms with E-state index in [2.05, 4.69) is 4.40 Å². The van der Waals surface area contributed by atoms with Gasteiger partial charge in [-0.2, -0.15) is 12.8 Å². The second-order valence-electron chi connectivity index (χ2n) is 1.10. The van der Waals surface area contributed by atoms with Gasteiger partial charge in [-0.3, -0.25) is 0 Å². The Morgan fingerprint density at radius 2 is 1.78 bits per heavy atom. The maximum atomic E-state index is 10.1. The van der Waals surface area contributed by atoms with E-state index in [0.29, 0.717) is 0 Å². The van der Waals surface area contributed by atoms with Crippen LogP contribution >= 0.6 is 0 Å². The average molecular weight is 149 g/mol. The molecule has 3 nitrogen and oxygen atoms in total. The Bertz CT molecular complexity index is 195. The first-order chi connectivity index (χ1) is 3.21. The number of hydrogen-bond donors (Lipinski definition) is 0. The summed E-state index contributed by atoms with van der Waals surface area (Å²) in [5.41, 5.74) is 0. The second kappa shape index (κ2) is 3.40. The van der Waals surface area contributed by atoms with Gasteiger partial charge in [0.25, 0.3) is 10.0 Å². The van der Waals surface area contributed by atoms with Gasteiger partial charge in [0.15, 0.2) is 0 Å². The maximum Gasteiger partial charge on any atom is 0.275 e. The van der Waals surface area contributed by atoms with Crippen LogP contribution in [0.25, 0.3) is 0 Å². The lowest BCUT2D eigenvalue weighted by molar-refractivity contribution is 0.607. The summed E-state index contributed by atoms with van der Waals surface area (Å²) in [7, 11) is -3.16. The Morgan fingerprint density at radius 3 is 1.89 bits per heavy atom. The van der Waals surface area contributed by atoms with Crippen molar-refractivity contribution in [3.63, 3.8) is 0 Å². The summed E-state index contributed by atoms with van der Waals surface area (Å²) < 4.78 is 23.4. The predicted molar refractivity (Wildman–Crippen MR) is 40.0 cm³/mol. The Kier molecular flexibility index (Phi) is 4.23. The minimum atomic E-state index is -3.16. The Hall–Kier alpha value is -0.640. The molecule has 0 atom stereocenters. The van der Waals surface area contributed by atoms with Crippen molar-refractivity contribution in [3.8, 4) is 0 Å². The number of nitrogens with zero attached hydrogens (tertiary/aromatic N) is 1. The van der Waals surface area contributed by atoms with E-state index in [1.807, 2.05) is 0 Å². The van der Waals surface area contributed by atoms with Gasteiger partial charge in [-0.05, 0) is 6.08 Å². The highest BCUT2D eigenvalue weighted by Crippen LogP contribution is 1.97. The molecule has 9 heavy (non-hydrogen) atoms. The molecule has 1 aliphatic rings. The molecule has 0 radical (unpaired) electrons. The van der Waals surface area contributed by atoms with Gasteiger partial charge in [0.05, 0.1) is 5.41 Å². The standard InChI is InChI=1S/C3H3NO2S.2CH4/c5-7(6)3-1-2-4-7;;/h1-3H;2*1H4. The van der Waals surface area contributed by atoms with Crippen molar-refractivity contribution in [1.82, 2.24) is 0 Å². The van der Waals surface area contributed by atoms with Gasteiger partial charge < -0.3 is 0 Å². The van der Waals surface area contributed by atoms with E-state index < -0.39 is 10.0 Å². The summed E-state index contributed by atoms with van der Waals surface area (Å²) in [6, 6.07) is 0. The molecule has 0 N–H and O–H groups in total. The van der Waals surface area contributed by atoms with E-state index in [-0.39, 0.29) is 14.9 Å². The maximum absolute atomic E-state index is 10.1. The zero-order chi connectivity index (χ0) is 5.33. The van der Waals surface area contributed by atoms with E-state index in [1.165, 1.54) is 12.3 Å². The van der Waals surface area contributed by atoms with Crippen molar-refractivity contribution in [2.75, 3.05) is 0 Å². The topological polar surface area (TPSA) is 46.5 Å². The highest BCUT2D eigenvalue weighted by molar-refractivity contribution is 7.93. The van der Waals surface area contributed by atoms with Gasteiger partial charge in [0.1, 0.15) is 0 Å². The van der Waals surface area contributed by atoms with E-state index in [1.54, 1.807) is 0 Å². The second-order valence-corrected chi connectivity index (χ2v) is 2.61. The van der Waals surface area contributed by atoms with Crippen molar-refractivity contribution >= 4 is 16.2 Å². The largest absolute Gasteiger partial charge is 0.275 e. The van der Waals surface area contributed by atoms with Crippen molar-refractivity contribution in [1.29, 1.82) is 0 Å². The third-order valence-corrected chi connectivity index (χ3v) is 1.46. The number of sulfonamides is 1. The van der Waals surface area contributed by atoms with Crippen LogP contribution in [0.4, 0.5) is 0 Å². The van der Waals surface area contributed by atoms with E-state index >= 15 is 0 Å². The molecule has 54 valence electrons. The van der Waals surface area contributed by atoms with Crippen LogP contribution in [0.15, 0.2) is 15.9 Å². The smallest absolute Gasteiger partial charge is 0.200 e. The van der Waals surface area contributed by atoms with Crippen molar-refractivity contribution < 1.29 is 8.42 Å². The van der Waals surface area contributed by atoms with Gasteiger partial charge in [-0.25, -0.2) is 0 Å². The lowest BCUT2D eigenvalue weighted by atomic mass is 10.7. The minimum absolute atomic E-state index is 0. The molecule has 1 rings (SSSR count). The molecule has 4 heteroatoms. The van der Waals surface area contributed by atoms with Gasteiger partial charge in [-0.15, -0.1) is 0 Å². The SMILES string of the molecule is C.C.O=S1(=O)C=CC=N1. The van der Waals surface area contributed by atoms with Crippen LogP contribution in [-0.4, -0.2) is 14.6 Å². The normalized spacial score (nSPS) is 18.2. The highest BCUT2D eigenvalue weighted by atomic mass is 32.2. The fourth-order valence-corrected chi connectivity index (χ4v) is 0.869. The van der Waals surface area contributed by atoms with Crippen LogP contribution < -0.4 is 0 Å². The summed E-state index contributed by atoms with van der Waals surface area (Å²) in [5.74, 6) is 0. The van der Waals surface area contributed by atoms with Crippen LogP contribution in [0.2, 0.25) is 0 Å². The Balaban J connectivity index is 0. The highest BCUT2D eigenvalue weighted by Gasteiger charge is 2.01. The quantitative estimate of drug-likeness (QED) is 0.519. The molecule has 0 aromatic heterocycles. The molecule has 0 bridgehead atoms. The molecule has 0 saturated heterocycles. The number of allylic oxidation sites excluding steroid dienone is 1. The minimum Gasteiger partial charge on any atom is -0.200 e. The molecule has 0 aromatic carbocycles. The third-order valence-electron chi connectivity index (χ3n) is 0.544. The lowest BCUT2D eigenvalue weighted by Gasteiger charge is -1.73. The fourth-order valence-electron chi connectivity index (χ4n) is 0.290. The van der Waals surface area contributed by atoms with Crippen molar-refractivity contribution in [2.45, 2.75) is 14.9 Å². The summed E-state index contributed by atoms with van der Waals surface area (Å²) in [6.07, 6.45) is 2.63. The summed E-state index contributed by atoms with van der Waals surface area (Å²) in [4.78, 5) is 0. The molecular weight excluding hydrogens is 138 g/mol. The third kappa shape index (κ3) is 3.03. The lowest BCUT2D eigenvalue weighted by Crippen LogP contribution is -1.80. The molecular formula is C5H11NO2S. The zero-order valence-corrected chi connectivity index (χ0v) is 4.22. The molecule has 0 saturated carbocycles. The monoisotopic (exact) mass is 149 g/mol. The molecule has 1 heterocycles. The average Bonchev–Trinajstić information content (AvgIpc) is 1.84. The first kappa shape index (κ1) is 11.2. The number of rotatable bonds is 0. The number of hydrogen-bond acceptors (Lipinski definition) is 2. The first-order valence-corrected chi connectivity index (χ1v) is 3.18. The van der Waals surface area contributed by atoms with E-state index in [4.69, 9.17) is 0 Å². The molecule has 1 aliphatic heterocycles. The molecule has 0 fully saturated rings. The first-order valence-electron chi connectivity index (χ1n) is 1.68. The van der Waals surface area contributed by atoms with Crippen LogP contribution in [-0.2, 0) is 10.0 Å². The predicted octanol–water partition coefficient (Wildman–Crippen LogP) is 1.19. The molecule has 0 aliphatic carbocycles. The van der Waals surface area contributed by atoms with Gasteiger partial charge in [-0.1, -0.05) is 14.9 Å². The van der Waals surface area contributed by atoms with E-state index in [9.17, 15) is 8.42 Å². The van der Waals surface area contributed by atoms with E-state index in [0.717, 1.165) is 5.41 Å². The van der Waals surface area contributed by atoms with Gasteiger partial charge in [0, 0.05) is 6.21 Å². The summed E-state index contributed by atoms with van der Waals surface area (Å²) in [6.45, 7) is 0. The van der Waals surface area contributed by atoms with Gasteiger partial charge in [0.2, 0.25) is 0 Å². The van der Waals surface area contributed by atoms with Crippen LogP contribution in [0.5, 0.6) is 0 Å². The molecule has 0 spiro atoms. The Morgan fingerprint density at radius 1 is 1.22 bits per heavy atom. The van der Waals surface area contributed by atoms with Crippen molar-refractivity contribution in [2.24, 2.45) is 4.40 Å². The zero-order valence-electron chi connectivity index (χ0n) is 3.40. The molecule has 0 aromatic rings. The van der Waals surface area contributed by atoms with Crippen molar-refractivity contribution in [3.05, 3.63) is 11.5 Å². The van der Waals surface area contributed by atoms with Crippen LogP contribution in [0, 0.1) is 0 Å². The van der Waals surface area contributed by atoms with Gasteiger partial charge >= 0.3 is 0 Å². The molecule has 0 amide bonds. The fraction of sp³-hybridized carbons (Fsp3) is 0.400. The van der Waals surface area contributed by atoms with Crippen LogP contribution in [0.3, 0.4) is 0 Å². The molecule has 0 unspecified atom stereocenters. The summed E-state index contributed by atoms with van der Waals surface area (Å²) >= 11 is 0. The Labute approximate surface area is 56.2 Å². The van der Waals surface area contributed by atoms with Crippen LogP contribution in [0.1, 0.15) is 14.9 Å².